The van der Waals surface area contributed by atoms with Gasteiger partial charge in [-0.15, -0.1) is 0 Å². The van der Waals surface area contributed by atoms with Crippen molar-refractivity contribution >= 4 is 10.0 Å². The first-order chi connectivity index (χ1) is 10.5. The summed E-state index contributed by atoms with van der Waals surface area (Å²) in [7, 11) is 0.0932. The summed E-state index contributed by atoms with van der Waals surface area (Å²) >= 11 is 0. The van der Waals surface area contributed by atoms with Gasteiger partial charge in [0.1, 0.15) is 11.5 Å². The second-order valence-electron chi connectivity index (χ2n) is 5.80. The van der Waals surface area contributed by atoms with Gasteiger partial charge in [0.2, 0.25) is 10.0 Å². The maximum atomic E-state index is 12.8. The van der Waals surface area contributed by atoms with E-state index in [4.69, 9.17) is 9.47 Å². The lowest BCUT2D eigenvalue weighted by Crippen LogP contribution is -2.52. The Morgan fingerprint density at radius 1 is 1.23 bits per heavy atom. The molecule has 0 bridgehead atoms. The summed E-state index contributed by atoms with van der Waals surface area (Å²) in [6.45, 7) is 2.58. The highest BCUT2D eigenvalue weighted by Gasteiger charge is 2.44. The number of sulfonamides is 1. The highest BCUT2D eigenvalue weighted by molar-refractivity contribution is 7.89. The molecule has 0 radical (unpaired) electrons. The Balaban J connectivity index is 1.77. The molecule has 122 valence electrons. The van der Waals surface area contributed by atoms with Crippen LogP contribution in [0.15, 0.2) is 29.2 Å². The van der Waals surface area contributed by atoms with Crippen molar-refractivity contribution in [3.63, 3.8) is 0 Å². The number of nitrogens with zero attached hydrogens (tertiary/aromatic N) is 2. The molecule has 1 aromatic carbocycles. The number of piperidine rings is 1. The Labute approximate surface area is 131 Å². The van der Waals surface area contributed by atoms with Gasteiger partial charge in [0.15, 0.2) is 0 Å². The second-order valence-corrected chi connectivity index (χ2v) is 7.74. The van der Waals surface area contributed by atoms with Crippen LogP contribution in [0, 0.1) is 0 Å². The topological polar surface area (TPSA) is 59.1 Å². The lowest BCUT2D eigenvalue weighted by atomic mass is 10.0. The predicted molar refractivity (Wildman–Crippen MR) is 82.3 cm³/mol. The average Bonchev–Trinajstić information content (AvgIpc) is 2.88. The molecular formula is C15H22N2O4S. The highest BCUT2D eigenvalue weighted by Crippen LogP contribution is 2.34. The highest BCUT2D eigenvalue weighted by atomic mass is 32.2. The number of hydrogen-bond acceptors (Lipinski definition) is 5. The molecule has 6 nitrogen and oxygen atoms in total. The zero-order chi connectivity index (χ0) is 15.8. The number of likely N-dealkylation sites (N-methyl/N-ethyl adjacent to an activating group) is 1. The third-order valence-electron chi connectivity index (χ3n) is 4.68. The van der Waals surface area contributed by atoms with Crippen LogP contribution in [0.3, 0.4) is 0 Å². The summed E-state index contributed by atoms with van der Waals surface area (Å²) in [5.74, 6) is 0.549. The van der Waals surface area contributed by atoms with Crippen LogP contribution in [-0.4, -0.2) is 63.7 Å². The van der Waals surface area contributed by atoms with E-state index in [-0.39, 0.29) is 10.6 Å². The monoisotopic (exact) mass is 326 g/mol. The lowest BCUT2D eigenvalue weighted by Gasteiger charge is -2.41. The maximum Gasteiger partial charge on any atom is 0.243 e. The van der Waals surface area contributed by atoms with Crippen LogP contribution in [0.2, 0.25) is 0 Å². The number of rotatable bonds is 3. The lowest BCUT2D eigenvalue weighted by molar-refractivity contribution is -0.102. The molecule has 2 fully saturated rings. The Kier molecular flexibility index (Phi) is 4.15. The normalized spacial score (nSPS) is 23.0. The van der Waals surface area contributed by atoms with E-state index in [0.717, 1.165) is 13.2 Å². The molecule has 0 N–H and O–H groups in total. The molecule has 2 saturated heterocycles. The van der Waals surface area contributed by atoms with Gasteiger partial charge in [0, 0.05) is 38.5 Å². The summed E-state index contributed by atoms with van der Waals surface area (Å²) in [4.78, 5) is 2.48. The van der Waals surface area contributed by atoms with E-state index in [1.807, 2.05) is 7.05 Å². The molecule has 2 aliphatic heterocycles. The van der Waals surface area contributed by atoms with Crippen molar-refractivity contribution in [2.45, 2.75) is 23.5 Å². The first kappa shape index (κ1) is 15.7. The van der Waals surface area contributed by atoms with Gasteiger partial charge in [0.25, 0.3) is 0 Å². The minimum absolute atomic E-state index is 0.277. The molecule has 0 aliphatic carbocycles. The largest absolute Gasteiger partial charge is 0.497 e. The molecule has 3 rings (SSSR count). The van der Waals surface area contributed by atoms with E-state index in [1.54, 1.807) is 28.6 Å². The van der Waals surface area contributed by atoms with Crippen molar-refractivity contribution in [3.05, 3.63) is 24.3 Å². The number of hydrogen-bond donors (Lipinski definition) is 0. The fourth-order valence-electron chi connectivity index (χ4n) is 3.20. The minimum atomic E-state index is -3.48. The van der Waals surface area contributed by atoms with Crippen molar-refractivity contribution in [3.8, 4) is 5.75 Å². The van der Waals surface area contributed by atoms with E-state index in [1.165, 1.54) is 7.11 Å². The summed E-state index contributed by atoms with van der Waals surface area (Å²) in [6, 6.07) is 6.62. The molecule has 2 heterocycles. The van der Waals surface area contributed by atoms with Gasteiger partial charge in [-0.25, -0.2) is 8.42 Å². The van der Waals surface area contributed by atoms with Crippen LogP contribution in [0.1, 0.15) is 12.8 Å². The van der Waals surface area contributed by atoms with Gasteiger partial charge >= 0.3 is 0 Å². The van der Waals surface area contributed by atoms with Crippen LogP contribution in [0.4, 0.5) is 0 Å². The molecule has 0 amide bonds. The second kappa shape index (κ2) is 5.81. The van der Waals surface area contributed by atoms with Gasteiger partial charge in [-0.1, -0.05) is 6.07 Å². The van der Waals surface area contributed by atoms with Gasteiger partial charge in [-0.05, 0) is 19.2 Å². The third-order valence-corrected chi connectivity index (χ3v) is 6.57. The quantitative estimate of drug-likeness (QED) is 0.834. The van der Waals surface area contributed by atoms with E-state index in [2.05, 4.69) is 4.90 Å². The Morgan fingerprint density at radius 3 is 2.55 bits per heavy atom. The molecule has 7 heteroatoms. The fraction of sp³-hybridized carbons (Fsp3) is 0.600. The van der Waals surface area contributed by atoms with Crippen molar-refractivity contribution in [2.24, 2.45) is 0 Å². The van der Waals surface area contributed by atoms with Crippen LogP contribution in [-0.2, 0) is 14.8 Å². The molecule has 1 spiro atoms. The molecule has 0 atom stereocenters. The molecular weight excluding hydrogens is 304 g/mol. The number of methoxy groups -OCH3 is 1. The molecule has 0 saturated carbocycles. The Hall–Kier alpha value is -1.15. The molecule has 0 aromatic heterocycles. The summed E-state index contributed by atoms with van der Waals surface area (Å²) in [5.41, 5.74) is -0.277. The van der Waals surface area contributed by atoms with E-state index < -0.39 is 10.0 Å². The van der Waals surface area contributed by atoms with E-state index in [0.29, 0.717) is 31.7 Å². The number of benzene rings is 1. The smallest absolute Gasteiger partial charge is 0.243 e. The van der Waals surface area contributed by atoms with Gasteiger partial charge in [-0.3, -0.25) is 4.90 Å². The molecule has 22 heavy (non-hydrogen) atoms. The van der Waals surface area contributed by atoms with E-state index in [9.17, 15) is 8.42 Å². The van der Waals surface area contributed by atoms with Crippen molar-refractivity contribution in [1.82, 2.24) is 9.21 Å². The van der Waals surface area contributed by atoms with Crippen molar-refractivity contribution in [2.75, 3.05) is 40.4 Å². The minimum Gasteiger partial charge on any atom is -0.497 e. The first-order valence-corrected chi connectivity index (χ1v) is 8.91. The SMILES string of the molecule is COc1cccc(S(=O)(=O)N2CCC3(CC2)OCCN3C)c1. The predicted octanol–water partition coefficient (Wildman–Crippen LogP) is 1.14. The average molecular weight is 326 g/mol. The van der Waals surface area contributed by atoms with Crippen LogP contribution >= 0.6 is 0 Å². The summed E-state index contributed by atoms with van der Waals surface area (Å²) < 4.78 is 38.1. The zero-order valence-corrected chi connectivity index (χ0v) is 13.8. The number of ether oxygens (including phenoxy) is 2. The van der Waals surface area contributed by atoms with Gasteiger partial charge < -0.3 is 9.47 Å². The van der Waals surface area contributed by atoms with Crippen LogP contribution in [0.25, 0.3) is 0 Å². The van der Waals surface area contributed by atoms with Crippen molar-refractivity contribution in [1.29, 1.82) is 0 Å². The van der Waals surface area contributed by atoms with Crippen molar-refractivity contribution < 1.29 is 17.9 Å². The van der Waals surface area contributed by atoms with Crippen LogP contribution in [0.5, 0.6) is 5.75 Å². The summed E-state index contributed by atoms with van der Waals surface area (Å²) in [6.07, 6.45) is 1.40. The molecule has 0 unspecified atom stereocenters. The standard InChI is InChI=1S/C15H22N2O4S/c1-16-10-11-21-15(16)6-8-17(9-7-15)22(18,19)14-5-3-4-13(12-14)20-2/h3-5,12H,6-11H2,1-2H3. The molecule has 2 aliphatic rings. The Morgan fingerprint density at radius 2 is 1.95 bits per heavy atom. The van der Waals surface area contributed by atoms with Gasteiger partial charge in [0.05, 0.1) is 18.6 Å². The van der Waals surface area contributed by atoms with Crippen LogP contribution < -0.4 is 4.74 Å². The zero-order valence-electron chi connectivity index (χ0n) is 13.0. The first-order valence-electron chi connectivity index (χ1n) is 7.47. The maximum absolute atomic E-state index is 12.8. The third kappa shape index (κ3) is 2.62. The Bertz CT molecular complexity index is 639. The molecule has 1 aromatic rings. The van der Waals surface area contributed by atoms with Gasteiger partial charge in [-0.2, -0.15) is 4.31 Å². The van der Waals surface area contributed by atoms with E-state index >= 15 is 0 Å². The summed E-state index contributed by atoms with van der Waals surface area (Å²) in [5, 5.41) is 0. The fourth-order valence-corrected chi connectivity index (χ4v) is 4.68.